The van der Waals surface area contributed by atoms with Crippen LogP contribution in [0.1, 0.15) is 47.1 Å². The van der Waals surface area contributed by atoms with Crippen LogP contribution in [0.15, 0.2) is 47.9 Å². The molecule has 1 fully saturated rings. The van der Waals surface area contributed by atoms with Gasteiger partial charge in [-0.1, -0.05) is 11.2 Å². The van der Waals surface area contributed by atoms with E-state index in [0.29, 0.717) is 18.9 Å². The fourth-order valence-corrected chi connectivity index (χ4v) is 4.29. The fraction of sp³-hybridized carbons (Fsp3) is 0.346. The van der Waals surface area contributed by atoms with Gasteiger partial charge >= 0.3 is 6.18 Å². The highest BCUT2D eigenvalue weighted by Crippen LogP contribution is 2.32. The molecule has 2 aromatic heterocycles. The van der Waals surface area contributed by atoms with E-state index in [4.69, 9.17) is 4.84 Å². The molecule has 0 saturated carbocycles. The Bertz CT molecular complexity index is 1390. The summed E-state index contributed by atoms with van der Waals surface area (Å²) in [7, 11) is 0. The minimum atomic E-state index is -4.77. The first-order valence-corrected chi connectivity index (χ1v) is 12.0. The molecular weight excluding hydrogens is 547 g/mol. The quantitative estimate of drug-likeness (QED) is 0.214. The third kappa shape index (κ3) is 6.72. The van der Waals surface area contributed by atoms with Gasteiger partial charge in [-0.25, -0.2) is 27.5 Å². The maximum Gasteiger partial charge on any atom is 0.433 e. The van der Waals surface area contributed by atoms with E-state index in [-0.39, 0.29) is 35.7 Å². The lowest BCUT2D eigenvalue weighted by molar-refractivity contribution is -0.141. The highest BCUT2D eigenvalue weighted by molar-refractivity contribution is 6.03. The molecule has 212 valence electrons. The normalized spacial score (nSPS) is 15.0. The average Bonchev–Trinajstić information content (AvgIpc) is 2.91. The summed E-state index contributed by atoms with van der Waals surface area (Å²) in [6.45, 7) is 1.91. The number of aryl methyl sites for hydroxylation is 1. The van der Waals surface area contributed by atoms with Crippen molar-refractivity contribution in [2.75, 3.05) is 13.1 Å². The minimum absolute atomic E-state index is 0.149. The van der Waals surface area contributed by atoms with E-state index in [9.17, 15) is 35.5 Å². The van der Waals surface area contributed by atoms with Gasteiger partial charge in [0, 0.05) is 54.7 Å². The standard InChI is InChI=1S/C26H22F7N5O2/c1-14-35-13-18(24(25(29)30)37-40-16-5-8-34-21(11-16)26(31,32)33)23(36-14)15-6-9-38(10-7-15)22(39)12-17-19(27)3-2-4-20(17)28/h2-5,8,11,13,15,25H,6-7,9-10,12H2,1H3. The zero-order valence-electron chi connectivity index (χ0n) is 20.9. The van der Waals surface area contributed by atoms with Crippen molar-refractivity contribution < 1.29 is 40.4 Å². The van der Waals surface area contributed by atoms with Crippen LogP contribution in [0.4, 0.5) is 30.7 Å². The van der Waals surface area contributed by atoms with Crippen LogP contribution in [0.2, 0.25) is 0 Å². The monoisotopic (exact) mass is 569 g/mol. The third-order valence-electron chi connectivity index (χ3n) is 6.32. The predicted molar refractivity (Wildman–Crippen MR) is 128 cm³/mol. The number of alkyl halides is 5. The Balaban J connectivity index is 1.52. The lowest BCUT2D eigenvalue weighted by Crippen LogP contribution is -2.39. The first-order valence-electron chi connectivity index (χ1n) is 12.0. The second-order valence-corrected chi connectivity index (χ2v) is 8.99. The molecule has 3 heterocycles. The molecule has 40 heavy (non-hydrogen) atoms. The number of amides is 1. The molecule has 14 heteroatoms. The number of carbonyl (C=O) groups is 1. The van der Waals surface area contributed by atoms with E-state index < -0.39 is 59.6 Å². The predicted octanol–water partition coefficient (Wildman–Crippen LogP) is 5.47. The Morgan fingerprint density at radius 3 is 2.42 bits per heavy atom. The van der Waals surface area contributed by atoms with Crippen molar-refractivity contribution in [3.8, 4) is 5.75 Å². The summed E-state index contributed by atoms with van der Waals surface area (Å²) in [4.78, 5) is 30.5. The number of aromatic nitrogens is 3. The number of piperidine rings is 1. The number of nitrogens with zero attached hydrogens (tertiary/aromatic N) is 5. The molecule has 0 unspecified atom stereocenters. The van der Waals surface area contributed by atoms with Crippen molar-refractivity contribution in [1.29, 1.82) is 0 Å². The number of halogens is 7. The molecular formula is C26H22F7N5O2. The Kier molecular flexibility index (Phi) is 8.64. The van der Waals surface area contributed by atoms with E-state index in [1.165, 1.54) is 11.0 Å². The maximum atomic E-state index is 14.1. The van der Waals surface area contributed by atoms with Crippen molar-refractivity contribution in [1.82, 2.24) is 19.9 Å². The van der Waals surface area contributed by atoms with Crippen LogP contribution in [0.25, 0.3) is 0 Å². The van der Waals surface area contributed by atoms with Crippen molar-refractivity contribution >= 4 is 11.6 Å². The van der Waals surface area contributed by atoms with Gasteiger partial charge in [-0.05, 0) is 31.9 Å². The summed E-state index contributed by atoms with van der Waals surface area (Å²) in [5, 5.41) is 3.43. The van der Waals surface area contributed by atoms with Crippen LogP contribution in [0.3, 0.4) is 0 Å². The minimum Gasteiger partial charge on any atom is -0.356 e. The number of benzene rings is 1. The number of carbonyl (C=O) groups excluding carboxylic acids is 1. The molecule has 0 aliphatic carbocycles. The first-order chi connectivity index (χ1) is 18.9. The van der Waals surface area contributed by atoms with Gasteiger partial charge in [0.25, 0.3) is 6.43 Å². The van der Waals surface area contributed by atoms with Crippen LogP contribution in [0, 0.1) is 18.6 Å². The molecule has 0 radical (unpaired) electrons. The summed E-state index contributed by atoms with van der Waals surface area (Å²) < 4.78 is 94.9. The summed E-state index contributed by atoms with van der Waals surface area (Å²) in [6, 6.07) is 4.89. The summed E-state index contributed by atoms with van der Waals surface area (Å²) in [6.07, 6.45) is -5.88. The van der Waals surface area contributed by atoms with E-state index in [2.05, 4.69) is 20.1 Å². The van der Waals surface area contributed by atoms with Crippen LogP contribution in [-0.4, -0.2) is 51.0 Å². The van der Waals surface area contributed by atoms with E-state index in [0.717, 1.165) is 30.6 Å². The van der Waals surface area contributed by atoms with Gasteiger partial charge in [-0.15, -0.1) is 0 Å². The fourth-order valence-electron chi connectivity index (χ4n) is 4.29. The number of oxime groups is 1. The molecule has 1 saturated heterocycles. The largest absolute Gasteiger partial charge is 0.433 e. The zero-order chi connectivity index (χ0) is 29.0. The molecule has 1 aliphatic rings. The Labute approximate surface area is 223 Å². The molecule has 4 rings (SSSR count). The smallest absolute Gasteiger partial charge is 0.356 e. The number of rotatable bonds is 7. The Hall–Kier alpha value is -4.10. The van der Waals surface area contributed by atoms with Crippen molar-refractivity contribution in [2.45, 2.75) is 44.7 Å². The van der Waals surface area contributed by atoms with Gasteiger partial charge in [0.1, 0.15) is 23.2 Å². The summed E-state index contributed by atoms with van der Waals surface area (Å²) in [5.41, 5.74) is -2.43. The second-order valence-electron chi connectivity index (χ2n) is 8.99. The van der Waals surface area contributed by atoms with Crippen LogP contribution in [0.5, 0.6) is 5.75 Å². The van der Waals surface area contributed by atoms with Crippen LogP contribution in [-0.2, 0) is 17.4 Å². The van der Waals surface area contributed by atoms with Gasteiger partial charge in [0.2, 0.25) is 5.91 Å². The molecule has 1 aliphatic heterocycles. The molecule has 3 aromatic rings. The SMILES string of the molecule is Cc1ncc(C(=NOc2ccnc(C(F)(F)F)c2)C(F)F)c(C2CCN(C(=O)Cc3c(F)cccc3F)CC2)n1. The lowest BCUT2D eigenvalue weighted by Gasteiger charge is -2.32. The maximum absolute atomic E-state index is 14.1. The van der Waals surface area contributed by atoms with E-state index in [1.807, 2.05) is 0 Å². The van der Waals surface area contributed by atoms with Gasteiger partial charge < -0.3 is 9.74 Å². The highest BCUT2D eigenvalue weighted by Gasteiger charge is 2.33. The van der Waals surface area contributed by atoms with E-state index >= 15 is 0 Å². The highest BCUT2D eigenvalue weighted by atomic mass is 19.4. The number of hydrogen-bond acceptors (Lipinski definition) is 6. The average molecular weight is 569 g/mol. The van der Waals surface area contributed by atoms with Crippen molar-refractivity contribution in [3.05, 3.63) is 82.7 Å². The second kappa shape index (κ2) is 12.0. The summed E-state index contributed by atoms with van der Waals surface area (Å²) >= 11 is 0. The van der Waals surface area contributed by atoms with Gasteiger partial charge in [0.05, 0.1) is 12.1 Å². The zero-order valence-corrected chi connectivity index (χ0v) is 20.9. The lowest BCUT2D eigenvalue weighted by atomic mass is 9.89. The van der Waals surface area contributed by atoms with E-state index in [1.54, 1.807) is 6.92 Å². The number of likely N-dealkylation sites (tertiary alicyclic amines) is 1. The van der Waals surface area contributed by atoms with Crippen molar-refractivity contribution in [2.24, 2.45) is 5.16 Å². The Morgan fingerprint density at radius 1 is 1.12 bits per heavy atom. The van der Waals surface area contributed by atoms with Gasteiger partial charge in [0.15, 0.2) is 11.5 Å². The molecule has 0 spiro atoms. The van der Waals surface area contributed by atoms with Crippen molar-refractivity contribution in [3.63, 3.8) is 0 Å². The van der Waals surface area contributed by atoms with Gasteiger partial charge in [-0.3, -0.25) is 9.78 Å². The first kappa shape index (κ1) is 28.9. The Morgan fingerprint density at radius 2 is 1.80 bits per heavy atom. The van der Waals surface area contributed by atoms with Crippen LogP contribution >= 0.6 is 0 Å². The van der Waals surface area contributed by atoms with Crippen LogP contribution < -0.4 is 4.84 Å². The number of hydrogen-bond donors (Lipinski definition) is 0. The molecule has 1 aromatic carbocycles. The topological polar surface area (TPSA) is 80.6 Å². The molecule has 0 bridgehead atoms. The molecule has 0 N–H and O–H groups in total. The number of pyridine rings is 1. The third-order valence-corrected chi connectivity index (χ3v) is 6.32. The van der Waals surface area contributed by atoms with Gasteiger partial charge in [-0.2, -0.15) is 13.2 Å². The summed E-state index contributed by atoms with van der Waals surface area (Å²) in [5.74, 6) is -2.72. The molecule has 1 amide bonds. The molecule has 7 nitrogen and oxygen atoms in total. The molecule has 0 atom stereocenters.